The molecule has 6 N–H and O–H groups in total. The molecule has 0 atom stereocenters. The zero-order valence-electron chi connectivity index (χ0n) is 4.09. The Morgan fingerprint density at radius 3 is 1.00 bits per heavy atom. The van der Waals surface area contributed by atoms with Crippen molar-refractivity contribution in [1.82, 2.24) is 0 Å². The molecule has 0 saturated heterocycles. The van der Waals surface area contributed by atoms with Gasteiger partial charge in [0.15, 0.2) is 0 Å². The molecule has 0 aromatic heterocycles. The van der Waals surface area contributed by atoms with Crippen LogP contribution < -0.4 is 0 Å². The Morgan fingerprint density at radius 1 is 1.00 bits per heavy atom. The molecule has 0 rings (SSSR count). The third kappa shape index (κ3) is 457. The molecule has 0 aliphatic heterocycles. The van der Waals surface area contributed by atoms with Crippen molar-refractivity contribution in [2.45, 2.75) is 0 Å². The van der Waals surface area contributed by atoms with Gasteiger partial charge in [0.05, 0.1) is 0 Å². The molecule has 0 aliphatic carbocycles. The van der Waals surface area contributed by atoms with Gasteiger partial charge in [0.25, 0.3) is 0 Å². The van der Waals surface area contributed by atoms with Gasteiger partial charge in [-0.1, -0.05) is 0 Å². The van der Waals surface area contributed by atoms with Gasteiger partial charge in [0, 0.05) is 0 Å². The standard InChI is InChI=1S/H4O4Si.H2O3Si.Sr.2H/c1-5(2,3)4;1-4(2)3;;;/h1-4H;1-2H;;;. The Morgan fingerprint density at radius 2 is 1.00 bits per heavy atom. The number of hydrogen-bond donors (Lipinski definition) is 6. The normalized spacial score (nSPS) is 8.40. The van der Waals surface area contributed by atoms with Crippen molar-refractivity contribution >= 4 is 63.7 Å². The summed E-state index contributed by atoms with van der Waals surface area (Å²) in [6.07, 6.45) is 0. The third-order valence-corrected chi connectivity index (χ3v) is 0. The molecule has 0 amide bonds. The van der Waals surface area contributed by atoms with Gasteiger partial charge in [0.2, 0.25) is 0 Å². The first-order valence-electron chi connectivity index (χ1n) is 1.55. The molecule has 7 nitrogen and oxygen atoms in total. The van der Waals surface area contributed by atoms with Crippen LogP contribution in [0.4, 0.5) is 0 Å². The van der Waals surface area contributed by atoms with E-state index in [1.807, 2.05) is 0 Å². The summed E-state index contributed by atoms with van der Waals surface area (Å²) in [5, 5.41) is 0. The second-order valence-electron chi connectivity index (χ2n) is 0.883. The van der Waals surface area contributed by atoms with Crippen LogP contribution in [0.2, 0.25) is 0 Å². The van der Waals surface area contributed by atoms with Gasteiger partial charge in [-0.3, -0.25) is 4.46 Å². The minimum atomic E-state index is -4.61. The van der Waals surface area contributed by atoms with Crippen molar-refractivity contribution < 1.29 is 33.2 Å². The van der Waals surface area contributed by atoms with E-state index >= 15 is 0 Å². The zero-order valence-corrected chi connectivity index (χ0v) is 6.09. The predicted octanol–water partition coefficient (Wildman–Crippen LogP) is -5.14. The summed E-state index contributed by atoms with van der Waals surface area (Å²) in [4.78, 5) is 43.6. The van der Waals surface area contributed by atoms with Crippen LogP contribution in [0.5, 0.6) is 0 Å². The Kier molecular flexibility index (Phi) is 14.3. The minimum absolute atomic E-state index is 0. The molecular weight excluding hydrogens is 256 g/mol. The van der Waals surface area contributed by atoms with E-state index in [0.29, 0.717) is 0 Å². The van der Waals surface area contributed by atoms with E-state index in [2.05, 4.69) is 0 Å². The molecule has 0 unspecified atom stereocenters. The molecule has 0 radical (unpaired) electrons. The zero-order chi connectivity index (χ0) is 8.08. The fourth-order valence-electron chi connectivity index (χ4n) is 0. The topological polar surface area (TPSA) is 138 Å². The quantitative estimate of drug-likeness (QED) is 0.240. The van der Waals surface area contributed by atoms with Crippen molar-refractivity contribution in [3.8, 4) is 0 Å². The van der Waals surface area contributed by atoms with E-state index in [1.54, 1.807) is 0 Å². The summed E-state index contributed by atoms with van der Waals surface area (Å²) in [6.45, 7) is 0. The molecule has 0 spiro atoms. The first-order chi connectivity index (χ1) is 3.73. The Labute approximate surface area is 95.9 Å². The molecular formula is H8O7Si2Sr. The van der Waals surface area contributed by atoms with E-state index in [9.17, 15) is 0 Å². The van der Waals surface area contributed by atoms with Gasteiger partial charge >= 0.3 is 63.7 Å². The fourth-order valence-corrected chi connectivity index (χ4v) is 0. The molecule has 0 saturated carbocycles. The first kappa shape index (κ1) is 17.3. The SMILES string of the molecule is O=[Si](O)O.O[Si](O)(O)O.[SrH2]. The van der Waals surface area contributed by atoms with Crippen LogP contribution in [-0.4, -0.2) is 92.5 Å². The molecule has 0 fully saturated rings. The number of rotatable bonds is 0. The van der Waals surface area contributed by atoms with E-state index in [0.717, 1.165) is 0 Å². The number of hydrogen-bond acceptors (Lipinski definition) is 5. The van der Waals surface area contributed by atoms with Crippen molar-refractivity contribution in [2.24, 2.45) is 0 Å². The fraction of sp³-hybridized carbons (Fsp3) is 0. The van der Waals surface area contributed by atoms with Gasteiger partial charge in [-0.2, -0.15) is 0 Å². The average molecular weight is 264 g/mol. The summed E-state index contributed by atoms with van der Waals surface area (Å²) in [5.41, 5.74) is 0. The van der Waals surface area contributed by atoms with Gasteiger partial charge in [-0.15, -0.1) is 0 Å². The molecule has 0 aliphatic rings. The molecule has 10 heavy (non-hydrogen) atoms. The van der Waals surface area contributed by atoms with E-state index in [4.69, 9.17) is 33.2 Å². The summed E-state index contributed by atoms with van der Waals surface area (Å²) >= 11 is 0. The van der Waals surface area contributed by atoms with Crippen molar-refractivity contribution in [2.75, 3.05) is 0 Å². The van der Waals surface area contributed by atoms with Crippen LogP contribution >= 0.6 is 0 Å². The van der Waals surface area contributed by atoms with Gasteiger partial charge < -0.3 is 28.8 Å². The molecule has 0 bridgehead atoms. The first-order valence-corrected chi connectivity index (χ1v) is 4.64. The van der Waals surface area contributed by atoms with E-state index in [1.165, 1.54) is 0 Å². The molecule has 0 heterocycles. The Hall–Kier alpha value is 1.15. The van der Waals surface area contributed by atoms with Gasteiger partial charge in [-0.05, 0) is 0 Å². The molecule has 60 valence electrons. The summed E-state index contributed by atoms with van der Waals surface area (Å²) in [6, 6.07) is 0. The van der Waals surface area contributed by atoms with Crippen molar-refractivity contribution in [1.29, 1.82) is 0 Å². The maximum absolute atomic E-state index is 8.74. The van der Waals surface area contributed by atoms with Crippen molar-refractivity contribution in [3.05, 3.63) is 0 Å². The van der Waals surface area contributed by atoms with Crippen LogP contribution in [0.15, 0.2) is 0 Å². The molecule has 0 aromatic rings. The third-order valence-electron chi connectivity index (χ3n) is 0. The monoisotopic (exact) mass is 264 g/mol. The van der Waals surface area contributed by atoms with Crippen LogP contribution in [0, 0.1) is 0 Å². The van der Waals surface area contributed by atoms with Gasteiger partial charge in [-0.25, -0.2) is 0 Å². The molecule has 10 heteroatoms. The van der Waals surface area contributed by atoms with Crippen LogP contribution in [0.1, 0.15) is 0 Å². The Bertz CT molecular complexity index is 74.1. The van der Waals surface area contributed by atoms with Crippen LogP contribution in [0.25, 0.3) is 0 Å². The summed E-state index contributed by atoms with van der Waals surface area (Å²) < 4.78 is 8.74. The van der Waals surface area contributed by atoms with E-state index in [-0.39, 0.29) is 45.5 Å². The molecule has 0 aromatic carbocycles. The maximum atomic E-state index is 8.74. The van der Waals surface area contributed by atoms with E-state index < -0.39 is 18.2 Å². The summed E-state index contributed by atoms with van der Waals surface area (Å²) in [5.74, 6) is 0. The summed E-state index contributed by atoms with van der Waals surface area (Å²) in [7, 11) is -7.74. The second-order valence-corrected chi connectivity index (χ2v) is 2.65. The van der Waals surface area contributed by atoms with Gasteiger partial charge in [0.1, 0.15) is 0 Å². The average Bonchev–Trinajstić information content (AvgIpc) is 1.19. The van der Waals surface area contributed by atoms with Crippen LogP contribution in [0.3, 0.4) is 0 Å². The Balaban J connectivity index is -0.0000000910. The van der Waals surface area contributed by atoms with Crippen LogP contribution in [-0.2, 0) is 4.46 Å². The second kappa shape index (κ2) is 8.25. The predicted molar refractivity (Wildman–Crippen MR) is 34.1 cm³/mol. The van der Waals surface area contributed by atoms with Crippen molar-refractivity contribution in [3.63, 3.8) is 0 Å².